The SMILES string of the molecule is CCCCCC/C=C\CCCCCCCC(=O)OCCC(C)C.CCCCCCCC(=O)OCCC(C)C.CCCCCCCCCC(=O)OCCC(C)C.CCCCCCCCCCCC(=O)OCCC(C)C.CCCCCCCCCCCCCC(=O)OCCC(C)C. The smallest absolute Gasteiger partial charge is 0.305 e. The number of carbonyl (C=O) groups excluding carboxylic acids is 5. The Balaban J connectivity index is -0.000000358. The first-order valence-electron chi connectivity index (χ1n) is 41.3. The number of carbonyl (C=O) groups is 5. The van der Waals surface area contributed by atoms with E-state index in [9.17, 15) is 24.0 Å². The van der Waals surface area contributed by atoms with Crippen molar-refractivity contribution in [3.05, 3.63) is 12.2 Å². The second-order valence-corrected chi connectivity index (χ2v) is 29.5. The molecule has 0 heterocycles. The molecule has 0 saturated carbocycles. The topological polar surface area (TPSA) is 132 Å². The quantitative estimate of drug-likeness (QED) is 0.0251. The Morgan fingerprint density at radius 1 is 0.211 bits per heavy atom. The Morgan fingerprint density at radius 3 is 0.505 bits per heavy atom. The van der Waals surface area contributed by atoms with E-state index in [0.29, 0.717) is 94.7 Å². The highest BCUT2D eigenvalue weighted by Crippen LogP contribution is 2.16. The van der Waals surface area contributed by atoms with Crippen LogP contribution >= 0.6 is 0 Å². The number of allylic oxidation sites excluding steroid dienone is 2. The first kappa shape index (κ1) is 101. The molecule has 0 fully saturated rings. The van der Waals surface area contributed by atoms with E-state index in [1.54, 1.807) is 0 Å². The average molecular weight is 1350 g/mol. The zero-order chi connectivity index (χ0) is 71.7. The van der Waals surface area contributed by atoms with Gasteiger partial charge >= 0.3 is 29.8 Å². The molecule has 0 aromatic carbocycles. The van der Waals surface area contributed by atoms with Crippen LogP contribution in [0.5, 0.6) is 0 Å². The summed E-state index contributed by atoms with van der Waals surface area (Å²) in [5, 5.41) is 0. The largest absolute Gasteiger partial charge is 0.466 e. The molecule has 10 heteroatoms. The molecular weight excluding hydrogens is 1180 g/mol. The fourth-order valence-electron chi connectivity index (χ4n) is 10.0. The van der Waals surface area contributed by atoms with E-state index in [-0.39, 0.29) is 29.8 Å². The van der Waals surface area contributed by atoms with Gasteiger partial charge in [0.25, 0.3) is 0 Å². The molecule has 0 atom stereocenters. The maximum absolute atomic E-state index is 11.5. The molecule has 0 aliphatic heterocycles. The van der Waals surface area contributed by atoms with Crippen LogP contribution in [-0.2, 0) is 47.7 Å². The summed E-state index contributed by atoms with van der Waals surface area (Å²) in [6.07, 6.45) is 67.1. The van der Waals surface area contributed by atoms with Gasteiger partial charge in [-0.15, -0.1) is 0 Å². The van der Waals surface area contributed by atoms with Crippen LogP contribution in [0.15, 0.2) is 12.2 Å². The Morgan fingerprint density at radius 2 is 0.347 bits per heavy atom. The van der Waals surface area contributed by atoms with Crippen LogP contribution in [0.3, 0.4) is 0 Å². The zero-order valence-electron chi connectivity index (χ0n) is 66.6. The van der Waals surface area contributed by atoms with E-state index in [1.165, 1.54) is 231 Å². The third-order valence-electron chi connectivity index (χ3n) is 16.9. The number of esters is 5. The molecular formula is C85H168O10. The summed E-state index contributed by atoms with van der Waals surface area (Å²) in [6, 6.07) is 0. The number of ether oxygens (including phenoxy) is 5. The lowest BCUT2D eigenvalue weighted by molar-refractivity contribution is -0.145. The number of hydrogen-bond donors (Lipinski definition) is 0. The molecule has 0 aromatic rings. The van der Waals surface area contributed by atoms with Gasteiger partial charge in [0.05, 0.1) is 33.0 Å². The second-order valence-electron chi connectivity index (χ2n) is 29.5. The highest BCUT2D eigenvalue weighted by Gasteiger charge is 2.08. The predicted octanol–water partition coefficient (Wildman–Crippen LogP) is 27.3. The fraction of sp³-hybridized carbons (Fsp3) is 0.918. The molecule has 0 unspecified atom stereocenters. The van der Waals surface area contributed by atoms with Crippen molar-refractivity contribution in [2.75, 3.05) is 33.0 Å². The molecule has 95 heavy (non-hydrogen) atoms. The normalized spacial score (nSPS) is 11.0. The molecule has 568 valence electrons. The van der Waals surface area contributed by atoms with E-state index in [1.807, 2.05) is 0 Å². The summed E-state index contributed by atoms with van der Waals surface area (Å²) in [5.41, 5.74) is 0. The molecule has 10 nitrogen and oxygen atoms in total. The minimum absolute atomic E-state index is 0.00780. The summed E-state index contributed by atoms with van der Waals surface area (Å²) in [4.78, 5) is 56.9. The third kappa shape index (κ3) is 107. The molecule has 0 radical (unpaired) electrons. The van der Waals surface area contributed by atoms with Crippen molar-refractivity contribution in [1.29, 1.82) is 0 Å². The van der Waals surface area contributed by atoms with Gasteiger partial charge in [-0.2, -0.15) is 0 Å². The molecule has 0 aliphatic carbocycles. The van der Waals surface area contributed by atoms with Crippen LogP contribution in [0.1, 0.15) is 444 Å². The van der Waals surface area contributed by atoms with Gasteiger partial charge in [-0.1, -0.05) is 334 Å². The van der Waals surface area contributed by atoms with Crippen molar-refractivity contribution >= 4 is 29.8 Å². The van der Waals surface area contributed by atoms with Crippen LogP contribution in [0, 0.1) is 29.6 Å². The van der Waals surface area contributed by atoms with E-state index in [0.717, 1.165) is 77.0 Å². The average Bonchev–Trinajstić information content (AvgIpc) is 3.60. The van der Waals surface area contributed by atoms with Crippen molar-refractivity contribution < 1.29 is 47.7 Å². The molecule has 0 saturated heterocycles. The predicted molar refractivity (Wildman–Crippen MR) is 411 cm³/mol. The van der Waals surface area contributed by atoms with Crippen LogP contribution in [0.25, 0.3) is 0 Å². The molecule has 0 aliphatic rings. The van der Waals surface area contributed by atoms with Gasteiger partial charge in [-0.3, -0.25) is 24.0 Å². The summed E-state index contributed by atoms with van der Waals surface area (Å²) in [5.74, 6) is 2.98. The van der Waals surface area contributed by atoms with Gasteiger partial charge in [0.1, 0.15) is 0 Å². The maximum Gasteiger partial charge on any atom is 0.305 e. The maximum atomic E-state index is 11.5. The van der Waals surface area contributed by atoms with Crippen molar-refractivity contribution in [1.82, 2.24) is 0 Å². The minimum atomic E-state index is -0.0212. The molecule has 0 aromatic heterocycles. The fourth-order valence-corrected chi connectivity index (χ4v) is 10.0. The number of hydrogen-bond acceptors (Lipinski definition) is 10. The number of rotatable bonds is 64. The lowest BCUT2D eigenvalue weighted by Crippen LogP contribution is -2.07. The van der Waals surface area contributed by atoms with Crippen LogP contribution in [-0.4, -0.2) is 62.9 Å². The van der Waals surface area contributed by atoms with Gasteiger partial charge in [0.2, 0.25) is 0 Å². The lowest BCUT2D eigenvalue weighted by atomic mass is 10.1. The molecule has 0 amide bonds. The standard InChI is InChI=1S/C21H40O2.C19H38O2.C17H34O2.C15H30O2.C13H26O2/c1-4-5-6-7-8-9-10-11-12-13-14-15-16-17-21(22)23-19-18-20(2)3;1-4-5-6-7-8-9-10-11-12-13-14-15-19(20)21-17-16-18(2)3;1-4-5-6-7-8-9-10-11-12-13-17(18)19-15-14-16(2)3;1-4-5-6-7-8-9-10-11-15(16)17-13-12-14(2)3;1-4-5-6-7-8-9-13(14)15-11-10-12(2)3/h9-10,20H,4-8,11-19H2,1-3H3;18H,4-17H2,1-3H3;16H,4-15H2,1-3H3;14H,4-13H2,1-3H3;12H,4-11H2,1-3H3/b10-9-;;;;. The van der Waals surface area contributed by atoms with E-state index in [2.05, 4.69) is 116 Å². The molecule has 0 spiro atoms. The zero-order valence-corrected chi connectivity index (χ0v) is 66.6. The molecule has 0 bridgehead atoms. The summed E-state index contributed by atoms with van der Waals surface area (Å²) < 4.78 is 25.9. The highest BCUT2D eigenvalue weighted by molar-refractivity contribution is 5.70. The molecule has 0 rings (SSSR count). The summed E-state index contributed by atoms with van der Waals surface area (Å²) >= 11 is 0. The van der Waals surface area contributed by atoms with Gasteiger partial charge in [0.15, 0.2) is 0 Å². The Kier molecular flexibility index (Phi) is 92.4. The van der Waals surface area contributed by atoms with Gasteiger partial charge in [0, 0.05) is 32.1 Å². The van der Waals surface area contributed by atoms with Crippen molar-refractivity contribution in [2.24, 2.45) is 29.6 Å². The van der Waals surface area contributed by atoms with Gasteiger partial charge in [-0.05, 0) is 119 Å². The van der Waals surface area contributed by atoms with Crippen LogP contribution < -0.4 is 0 Å². The van der Waals surface area contributed by atoms with Crippen molar-refractivity contribution in [3.63, 3.8) is 0 Å². The van der Waals surface area contributed by atoms with Crippen LogP contribution in [0.2, 0.25) is 0 Å². The lowest BCUT2D eigenvalue weighted by Gasteiger charge is -2.06. The first-order chi connectivity index (χ1) is 45.8. The van der Waals surface area contributed by atoms with Crippen molar-refractivity contribution in [2.45, 2.75) is 444 Å². The third-order valence-corrected chi connectivity index (χ3v) is 16.9. The Hall–Kier alpha value is -2.91. The first-order valence-corrected chi connectivity index (χ1v) is 41.3. The summed E-state index contributed by atoms with van der Waals surface area (Å²) in [6.45, 7) is 35.6. The van der Waals surface area contributed by atoms with E-state index >= 15 is 0 Å². The highest BCUT2D eigenvalue weighted by atomic mass is 16.5. The summed E-state index contributed by atoms with van der Waals surface area (Å²) in [7, 11) is 0. The second kappa shape index (κ2) is 87.2. The molecule has 0 N–H and O–H groups in total. The van der Waals surface area contributed by atoms with E-state index in [4.69, 9.17) is 23.7 Å². The monoisotopic (exact) mass is 1350 g/mol. The van der Waals surface area contributed by atoms with Gasteiger partial charge < -0.3 is 23.7 Å². The minimum Gasteiger partial charge on any atom is -0.466 e. The Bertz CT molecular complexity index is 1550. The van der Waals surface area contributed by atoms with Crippen molar-refractivity contribution in [3.8, 4) is 0 Å². The van der Waals surface area contributed by atoms with Gasteiger partial charge in [-0.25, -0.2) is 0 Å². The number of unbranched alkanes of at least 4 members (excludes halogenated alkanes) is 37. The Labute approximate surface area is 593 Å². The van der Waals surface area contributed by atoms with Crippen LogP contribution in [0.4, 0.5) is 0 Å². The van der Waals surface area contributed by atoms with E-state index < -0.39 is 0 Å².